The molecule has 1 aliphatic rings. The fraction of sp³-hybridized carbons (Fsp3) is 0.273. The van der Waals surface area contributed by atoms with Crippen molar-refractivity contribution in [3.63, 3.8) is 0 Å². The molecule has 0 unspecified atom stereocenters. The molecule has 0 nitrogen and oxygen atoms in total. The lowest BCUT2D eigenvalue weighted by Crippen LogP contribution is -2.33. The van der Waals surface area contributed by atoms with Gasteiger partial charge in [0.25, 0.3) is 0 Å². The van der Waals surface area contributed by atoms with E-state index in [2.05, 4.69) is 137 Å². The van der Waals surface area contributed by atoms with Crippen LogP contribution in [0, 0.1) is 5.41 Å². The van der Waals surface area contributed by atoms with Crippen molar-refractivity contribution in [2.75, 3.05) is 6.16 Å². The van der Waals surface area contributed by atoms with Gasteiger partial charge in [0.15, 0.2) is 0 Å². The summed E-state index contributed by atoms with van der Waals surface area (Å²) in [5.41, 5.74) is 4.70. The van der Waals surface area contributed by atoms with Crippen LogP contribution in [0.3, 0.4) is 0 Å². The van der Waals surface area contributed by atoms with Gasteiger partial charge in [-0.05, 0) is 86.6 Å². The van der Waals surface area contributed by atoms with Crippen LogP contribution in [-0.4, -0.2) is 6.16 Å². The minimum Gasteiger partial charge on any atom is -0.0696 e. The summed E-state index contributed by atoms with van der Waals surface area (Å²) in [6, 6.07) is 33.4. The Bertz CT molecular complexity index is 1070. The summed E-state index contributed by atoms with van der Waals surface area (Å²) >= 11 is 0. The fourth-order valence-electron chi connectivity index (χ4n) is 5.38. The predicted molar refractivity (Wildman–Crippen MR) is 153 cm³/mol. The molecule has 0 atom stereocenters. The highest BCUT2D eigenvalue weighted by Gasteiger charge is 2.44. The van der Waals surface area contributed by atoms with Crippen LogP contribution < -0.4 is 15.9 Å². The van der Waals surface area contributed by atoms with Crippen LogP contribution in [0.5, 0.6) is 0 Å². The molecule has 4 rings (SSSR count). The molecular weight excluding hydrogens is 427 g/mol. The highest BCUT2D eigenvalue weighted by Crippen LogP contribution is 2.55. The summed E-state index contributed by atoms with van der Waals surface area (Å²) in [7, 11) is -1.82. The second-order valence-corrected chi connectivity index (χ2v) is 13.7. The number of hydrogen-bond donors (Lipinski definition) is 0. The van der Waals surface area contributed by atoms with Crippen molar-refractivity contribution in [3.8, 4) is 0 Å². The SMILES string of the molecule is CC1=C(/C=C/C(C)=C\C[P+](c2ccccc2)(c2ccccc2)c2ccccc2)C(C)(C)CCC1. The Hall–Kier alpha value is -2.69. The van der Waals surface area contributed by atoms with Crippen molar-refractivity contribution in [3.05, 3.63) is 126 Å². The van der Waals surface area contributed by atoms with E-state index >= 15 is 0 Å². The van der Waals surface area contributed by atoms with Crippen LogP contribution in [0.1, 0.15) is 47.0 Å². The van der Waals surface area contributed by atoms with E-state index in [0.717, 1.165) is 6.16 Å². The van der Waals surface area contributed by atoms with E-state index in [1.54, 1.807) is 5.57 Å². The molecule has 1 heteroatoms. The largest absolute Gasteiger partial charge is 0.115 e. The molecule has 0 heterocycles. The number of rotatable bonds is 7. The first-order chi connectivity index (χ1) is 16.4. The quantitative estimate of drug-likeness (QED) is 0.245. The summed E-state index contributed by atoms with van der Waals surface area (Å²) in [5, 5.41) is 4.31. The molecule has 0 amide bonds. The van der Waals surface area contributed by atoms with Crippen molar-refractivity contribution >= 4 is 23.2 Å². The molecule has 34 heavy (non-hydrogen) atoms. The molecule has 0 N–H and O–H groups in total. The zero-order chi connectivity index (χ0) is 24.0. The molecule has 0 fully saturated rings. The first-order valence-corrected chi connectivity index (χ1v) is 14.5. The predicted octanol–water partition coefficient (Wildman–Crippen LogP) is 8.01. The van der Waals surface area contributed by atoms with E-state index < -0.39 is 7.26 Å². The van der Waals surface area contributed by atoms with Gasteiger partial charge in [-0.3, -0.25) is 0 Å². The van der Waals surface area contributed by atoms with Crippen molar-refractivity contribution in [2.45, 2.75) is 47.0 Å². The van der Waals surface area contributed by atoms with E-state index in [4.69, 9.17) is 0 Å². The highest BCUT2D eigenvalue weighted by atomic mass is 31.2. The van der Waals surface area contributed by atoms with Gasteiger partial charge in [0.2, 0.25) is 0 Å². The van der Waals surface area contributed by atoms with Crippen LogP contribution in [0.25, 0.3) is 0 Å². The van der Waals surface area contributed by atoms with E-state index in [1.165, 1.54) is 46.3 Å². The molecule has 1 aliphatic carbocycles. The summed E-state index contributed by atoms with van der Waals surface area (Å²) in [6.07, 6.45) is 12.1. The van der Waals surface area contributed by atoms with Gasteiger partial charge in [-0.25, -0.2) is 0 Å². The molecule has 0 aliphatic heterocycles. The topological polar surface area (TPSA) is 0 Å². The van der Waals surface area contributed by atoms with Gasteiger partial charge in [0, 0.05) is 0 Å². The van der Waals surface area contributed by atoms with Crippen molar-refractivity contribution in [1.29, 1.82) is 0 Å². The lowest BCUT2D eigenvalue weighted by Gasteiger charge is -2.33. The minimum absolute atomic E-state index is 0.272. The molecule has 0 spiro atoms. The molecule has 0 aromatic heterocycles. The van der Waals surface area contributed by atoms with Crippen LogP contribution in [0.2, 0.25) is 0 Å². The molecule has 0 radical (unpaired) electrons. The monoisotopic (exact) mass is 465 g/mol. The maximum absolute atomic E-state index is 2.48. The smallest absolute Gasteiger partial charge is 0.0696 e. The minimum atomic E-state index is -1.82. The van der Waals surface area contributed by atoms with Gasteiger partial charge in [-0.15, -0.1) is 0 Å². The Morgan fingerprint density at radius 3 is 1.71 bits per heavy atom. The van der Waals surface area contributed by atoms with Crippen LogP contribution in [0.15, 0.2) is 126 Å². The summed E-state index contributed by atoms with van der Waals surface area (Å²) in [6.45, 7) is 9.37. The molecule has 0 bridgehead atoms. The molecular formula is C33H38P+. The Labute approximate surface area is 207 Å². The number of allylic oxidation sites excluding steroid dienone is 6. The summed E-state index contributed by atoms with van der Waals surface area (Å²) < 4.78 is 0. The maximum atomic E-state index is 2.48. The molecule has 0 saturated heterocycles. The Kier molecular flexibility index (Phi) is 7.70. The Morgan fingerprint density at radius 1 is 0.794 bits per heavy atom. The Morgan fingerprint density at radius 2 is 1.26 bits per heavy atom. The Balaban J connectivity index is 1.77. The zero-order valence-corrected chi connectivity index (χ0v) is 22.1. The zero-order valence-electron chi connectivity index (χ0n) is 21.2. The van der Waals surface area contributed by atoms with Crippen molar-refractivity contribution < 1.29 is 0 Å². The van der Waals surface area contributed by atoms with Crippen molar-refractivity contribution in [2.24, 2.45) is 5.41 Å². The third-order valence-corrected chi connectivity index (χ3v) is 11.6. The van der Waals surface area contributed by atoms with Gasteiger partial charge in [-0.1, -0.05) is 91.7 Å². The van der Waals surface area contributed by atoms with E-state index in [1.807, 2.05) is 0 Å². The standard InChI is InChI=1S/C33H38P/c1-27(22-23-32-28(2)15-14-25-33(32,3)4)24-26-34(29-16-8-5-9-17-29,30-18-10-6-11-19-30)31-20-12-7-13-21-31/h5-13,16-24H,14-15,25-26H2,1-4H3/q+1/b23-22+,27-24-. The first kappa shape index (κ1) is 24.4. The molecule has 3 aromatic rings. The van der Waals surface area contributed by atoms with Gasteiger partial charge >= 0.3 is 0 Å². The lowest BCUT2D eigenvalue weighted by molar-refractivity contribution is 0.377. The molecule has 0 saturated carbocycles. The van der Waals surface area contributed by atoms with Gasteiger partial charge < -0.3 is 0 Å². The van der Waals surface area contributed by atoms with Gasteiger partial charge in [-0.2, -0.15) is 0 Å². The molecule has 174 valence electrons. The van der Waals surface area contributed by atoms with E-state index in [-0.39, 0.29) is 5.41 Å². The van der Waals surface area contributed by atoms with E-state index in [0.29, 0.717) is 0 Å². The summed E-state index contributed by atoms with van der Waals surface area (Å²) in [5.74, 6) is 0. The highest BCUT2D eigenvalue weighted by molar-refractivity contribution is 7.95. The van der Waals surface area contributed by atoms with Crippen LogP contribution in [-0.2, 0) is 0 Å². The average Bonchev–Trinajstić information content (AvgIpc) is 2.86. The second kappa shape index (κ2) is 10.7. The number of hydrogen-bond acceptors (Lipinski definition) is 0. The first-order valence-electron chi connectivity index (χ1n) is 12.5. The van der Waals surface area contributed by atoms with Gasteiger partial charge in [0.1, 0.15) is 23.2 Å². The van der Waals surface area contributed by atoms with Crippen molar-refractivity contribution in [1.82, 2.24) is 0 Å². The summed E-state index contributed by atoms with van der Waals surface area (Å²) in [4.78, 5) is 0. The second-order valence-electron chi connectivity index (χ2n) is 10.2. The third-order valence-electron chi connectivity index (χ3n) is 7.33. The third kappa shape index (κ3) is 5.18. The lowest BCUT2D eigenvalue weighted by atomic mass is 9.72. The van der Waals surface area contributed by atoms with E-state index in [9.17, 15) is 0 Å². The van der Waals surface area contributed by atoms with Gasteiger partial charge in [0.05, 0.1) is 6.16 Å². The van der Waals surface area contributed by atoms with Crippen LogP contribution in [0.4, 0.5) is 0 Å². The van der Waals surface area contributed by atoms with Crippen LogP contribution >= 0.6 is 7.26 Å². The number of benzene rings is 3. The fourth-order valence-corrected chi connectivity index (χ4v) is 9.52. The molecule has 3 aromatic carbocycles. The normalized spacial score (nSPS) is 16.8. The average molecular weight is 466 g/mol. The maximum Gasteiger partial charge on any atom is 0.115 e.